The molecule has 0 unspecified atom stereocenters. The predicted octanol–water partition coefficient (Wildman–Crippen LogP) is 11.0. The van der Waals surface area contributed by atoms with E-state index in [1.54, 1.807) is 6.20 Å². The largest absolute Gasteiger partial charge is 0.456 e. The van der Waals surface area contributed by atoms with Crippen LogP contribution in [0.5, 0.6) is 0 Å². The molecule has 229 valence electrons. The summed E-state index contributed by atoms with van der Waals surface area (Å²) in [6, 6.07) is 47.7. The van der Waals surface area contributed by atoms with Crippen LogP contribution in [0.3, 0.4) is 0 Å². The van der Waals surface area contributed by atoms with Crippen molar-refractivity contribution in [2.24, 2.45) is 0 Å². The molecule has 3 aromatic heterocycles. The van der Waals surface area contributed by atoms with E-state index < -0.39 is 0 Å². The van der Waals surface area contributed by atoms with E-state index in [-0.39, 0.29) is 20.1 Å². The Balaban J connectivity index is 0.000000228. The second-order valence-corrected chi connectivity index (χ2v) is 11.4. The van der Waals surface area contributed by atoms with Crippen LogP contribution in [-0.2, 0) is 20.1 Å². The Morgan fingerprint density at radius 1 is 0.638 bits per heavy atom. The Labute approximate surface area is 287 Å². The summed E-state index contributed by atoms with van der Waals surface area (Å²) in [6.45, 7) is 4.26. The van der Waals surface area contributed by atoms with Crippen molar-refractivity contribution in [2.75, 3.05) is 5.32 Å². The normalized spacial score (nSPS) is 11.2. The molecule has 1 aliphatic rings. The Kier molecular flexibility index (Phi) is 8.26. The van der Waals surface area contributed by atoms with Crippen LogP contribution in [-0.4, -0.2) is 9.97 Å². The fraction of sp³-hybridized carbons (Fsp3) is 0.0476. The van der Waals surface area contributed by atoms with Gasteiger partial charge in [0.25, 0.3) is 0 Å². The standard InChI is InChI=1S/C31H21N2O.C11H8N.Ir/c1-18-10-13-26(32-17-18)20-11-14-27-25(16-20)22-8-5-7-21(19(22)2)23-12-15-29-30(31(23)33-27)24-6-3-4-9-28(24)34-29;1-2-6-10(7-3-1)11-8-4-5-9-12-11;/h3-10,12-17,33H,1-2H3;1-6,8-9H;/q2*-1;. The van der Waals surface area contributed by atoms with Crippen molar-refractivity contribution in [2.45, 2.75) is 13.8 Å². The number of anilines is 2. The first-order chi connectivity index (χ1) is 22.6. The zero-order valence-corrected chi connectivity index (χ0v) is 28.2. The fourth-order valence-corrected chi connectivity index (χ4v) is 6.19. The van der Waals surface area contributed by atoms with Gasteiger partial charge in [-0.3, -0.25) is 0 Å². The second-order valence-electron chi connectivity index (χ2n) is 11.4. The third kappa shape index (κ3) is 5.65. The first-order valence-corrected chi connectivity index (χ1v) is 15.3. The van der Waals surface area contributed by atoms with Crippen molar-refractivity contribution >= 4 is 33.3 Å². The number of nitrogens with zero attached hydrogens (tertiary/aromatic N) is 2. The van der Waals surface area contributed by atoms with Crippen molar-refractivity contribution in [3.63, 3.8) is 0 Å². The van der Waals surface area contributed by atoms with E-state index >= 15 is 0 Å². The van der Waals surface area contributed by atoms with E-state index in [1.807, 2.05) is 60.8 Å². The summed E-state index contributed by atoms with van der Waals surface area (Å²) < 4.78 is 6.19. The van der Waals surface area contributed by atoms with Gasteiger partial charge in [-0.1, -0.05) is 66.2 Å². The molecule has 0 saturated carbocycles. The third-order valence-electron chi connectivity index (χ3n) is 8.51. The molecular weight excluding hydrogens is 755 g/mol. The number of hydrogen-bond acceptors (Lipinski definition) is 4. The maximum absolute atomic E-state index is 6.19. The van der Waals surface area contributed by atoms with Gasteiger partial charge in [-0.05, 0) is 77.4 Å². The van der Waals surface area contributed by atoms with Gasteiger partial charge in [0.05, 0.1) is 5.39 Å². The molecule has 1 N–H and O–H groups in total. The number of pyridine rings is 2. The van der Waals surface area contributed by atoms with E-state index in [1.165, 1.54) is 22.3 Å². The number of furan rings is 1. The molecule has 47 heavy (non-hydrogen) atoms. The zero-order chi connectivity index (χ0) is 31.0. The van der Waals surface area contributed by atoms with Gasteiger partial charge < -0.3 is 19.7 Å². The van der Waals surface area contributed by atoms with E-state index in [0.29, 0.717) is 0 Å². The number of hydrogen-bond donors (Lipinski definition) is 1. The van der Waals surface area contributed by atoms with Gasteiger partial charge in [0.1, 0.15) is 11.2 Å². The maximum atomic E-state index is 6.19. The van der Waals surface area contributed by atoms with Gasteiger partial charge >= 0.3 is 0 Å². The molecule has 0 spiro atoms. The molecule has 9 rings (SSSR count). The van der Waals surface area contributed by atoms with Crippen LogP contribution in [0.1, 0.15) is 11.1 Å². The quantitative estimate of drug-likeness (QED) is 0.177. The molecule has 4 nitrogen and oxygen atoms in total. The Hall–Kier alpha value is -5.35. The zero-order valence-electron chi connectivity index (χ0n) is 25.8. The minimum absolute atomic E-state index is 0. The summed E-state index contributed by atoms with van der Waals surface area (Å²) in [5.74, 6) is 0. The van der Waals surface area contributed by atoms with Gasteiger partial charge in [0.2, 0.25) is 0 Å². The maximum Gasteiger partial charge on any atom is 0.137 e. The van der Waals surface area contributed by atoms with E-state index in [0.717, 1.165) is 67.0 Å². The molecule has 5 heteroatoms. The summed E-state index contributed by atoms with van der Waals surface area (Å²) in [6.07, 6.45) is 3.69. The number of aryl methyl sites for hydroxylation is 1. The van der Waals surface area contributed by atoms with E-state index in [9.17, 15) is 0 Å². The van der Waals surface area contributed by atoms with Crippen LogP contribution < -0.4 is 5.32 Å². The van der Waals surface area contributed by atoms with Gasteiger partial charge in [0, 0.05) is 49.1 Å². The first kappa shape index (κ1) is 30.3. The van der Waals surface area contributed by atoms with Crippen molar-refractivity contribution < 1.29 is 24.5 Å². The van der Waals surface area contributed by atoms with Crippen LogP contribution in [0.4, 0.5) is 11.4 Å². The molecule has 1 radical (unpaired) electrons. The summed E-state index contributed by atoms with van der Waals surface area (Å²) in [7, 11) is 0. The molecule has 0 saturated heterocycles. The molecule has 8 aromatic rings. The van der Waals surface area contributed by atoms with Gasteiger partial charge in [-0.2, -0.15) is 0 Å². The summed E-state index contributed by atoms with van der Waals surface area (Å²) in [4.78, 5) is 8.85. The third-order valence-corrected chi connectivity index (χ3v) is 8.51. The van der Waals surface area contributed by atoms with Crippen LogP contribution in [0.15, 0.2) is 138 Å². The number of benzene rings is 5. The topological polar surface area (TPSA) is 51.0 Å². The molecule has 2 bridgehead atoms. The molecule has 0 aliphatic carbocycles. The molecule has 0 amide bonds. The van der Waals surface area contributed by atoms with E-state index in [4.69, 9.17) is 4.42 Å². The number of aromatic nitrogens is 2. The monoisotopic (exact) mass is 784 g/mol. The minimum Gasteiger partial charge on any atom is -0.456 e. The molecule has 0 atom stereocenters. The fourth-order valence-electron chi connectivity index (χ4n) is 6.19. The predicted molar refractivity (Wildman–Crippen MR) is 188 cm³/mol. The molecular formula is C42H29IrN3O-2. The van der Waals surface area contributed by atoms with Crippen LogP contribution in [0.2, 0.25) is 0 Å². The molecule has 0 fully saturated rings. The summed E-state index contributed by atoms with van der Waals surface area (Å²) >= 11 is 0. The summed E-state index contributed by atoms with van der Waals surface area (Å²) in [5.41, 5.74) is 14.9. The smallest absolute Gasteiger partial charge is 0.137 e. The second kappa shape index (κ2) is 12.8. The van der Waals surface area contributed by atoms with Crippen LogP contribution in [0, 0.1) is 26.0 Å². The average molecular weight is 784 g/mol. The van der Waals surface area contributed by atoms with Gasteiger partial charge in [-0.15, -0.1) is 59.7 Å². The van der Waals surface area contributed by atoms with Gasteiger partial charge in [0.15, 0.2) is 0 Å². The van der Waals surface area contributed by atoms with Crippen molar-refractivity contribution in [1.29, 1.82) is 0 Å². The first-order valence-electron chi connectivity index (χ1n) is 15.3. The molecule has 4 heterocycles. The van der Waals surface area contributed by atoms with Crippen molar-refractivity contribution in [3.05, 3.63) is 157 Å². The van der Waals surface area contributed by atoms with Gasteiger partial charge in [-0.25, -0.2) is 0 Å². The number of para-hydroxylation sites is 1. The average Bonchev–Trinajstić information content (AvgIpc) is 3.49. The van der Waals surface area contributed by atoms with E-state index in [2.05, 4.69) is 108 Å². The SMILES string of the molecule is Cc1ccc(-c2[c-]cc3c(c2)-c2cccc(c2C)-c2ccc4oc5ccccc5c4c2N3)nc1.[Ir].[c-]1ccccc1-c1ccccn1. The van der Waals surface area contributed by atoms with Crippen molar-refractivity contribution in [3.8, 4) is 44.8 Å². The Morgan fingerprint density at radius 2 is 1.45 bits per heavy atom. The molecule has 5 aromatic carbocycles. The number of rotatable bonds is 2. The number of fused-ring (bicyclic) bond motifs is 10. The Bertz CT molecular complexity index is 2310. The summed E-state index contributed by atoms with van der Waals surface area (Å²) in [5, 5.41) is 6.00. The van der Waals surface area contributed by atoms with Crippen LogP contribution in [0.25, 0.3) is 66.7 Å². The van der Waals surface area contributed by atoms with Crippen molar-refractivity contribution in [1.82, 2.24) is 9.97 Å². The Morgan fingerprint density at radius 3 is 2.23 bits per heavy atom. The molecule has 1 aliphatic heterocycles. The minimum atomic E-state index is 0. The number of nitrogens with one attached hydrogen (secondary N) is 1. The van der Waals surface area contributed by atoms with Crippen LogP contribution >= 0.6 is 0 Å².